The van der Waals surface area contributed by atoms with Gasteiger partial charge in [0, 0.05) is 20.0 Å². The molecule has 2 heterocycles. The van der Waals surface area contributed by atoms with Crippen LogP contribution in [-0.2, 0) is 12.8 Å². The van der Waals surface area contributed by atoms with Crippen molar-refractivity contribution in [2.45, 2.75) is 26.7 Å². The van der Waals surface area contributed by atoms with Crippen molar-refractivity contribution in [2.24, 2.45) is 0 Å². The zero-order valence-electron chi connectivity index (χ0n) is 19.4. The Morgan fingerprint density at radius 3 is 1.59 bits per heavy atom. The Kier molecular flexibility index (Phi) is 10.2. The first-order chi connectivity index (χ1) is 16.4. The summed E-state index contributed by atoms with van der Waals surface area (Å²) in [5.74, 6) is 1.39. The van der Waals surface area contributed by atoms with Gasteiger partial charge in [-0.25, -0.2) is 19.9 Å². The van der Waals surface area contributed by atoms with E-state index in [1.165, 1.54) is 29.1 Å². The summed E-state index contributed by atoms with van der Waals surface area (Å²) in [5.41, 5.74) is 10.8. The van der Waals surface area contributed by atoms with Crippen molar-refractivity contribution >= 4 is 11.4 Å². The van der Waals surface area contributed by atoms with Gasteiger partial charge in [-0.15, -0.1) is 0 Å². The number of aryl methyl sites for hydroxylation is 2. The van der Waals surface area contributed by atoms with Gasteiger partial charge in [0.25, 0.3) is 0 Å². The predicted octanol–water partition coefficient (Wildman–Crippen LogP) is 3.85. The van der Waals surface area contributed by atoms with E-state index in [0.717, 1.165) is 24.9 Å². The van der Waals surface area contributed by atoms with Crippen LogP contribution in [0.3, 0.4) is 0 Å². The van der Waals surface area contributed by atoms with E-state index in [2.05, 4.69) is 45.1 Å². The first kappa shape index (κ1) is 26.0. The van der Waals surface area contributed by atoms with Crippen molar-refractivity contribution in [3.8, 4) is 0 Å². The summed E-state index contributed by atoms with van der Waals surface area (Å²) in [6, 6.07) is 16.3. The highest BCUT2D eigenvalue weighted by Crippen LogP contribution is 2.11. The molecular weight excluding hydrogens is 432 g/mol. The van der Waals surface area contributed by atoms with Crippen LogP contribution in [0, 0.1) is 24.0 Å². The van der Waals surface area contributed by atoms with Gasteiger partial charge in [0.15, 0.2) is 0 Å². The Bertz CT molecular complexity index is 1180. The molecular formula is C25H28N6O3. The maximum absolute atomic E-state index is 10.4. The Morgan fingerprint density at radius 1 is 0.794 bits per heavy atom. The van der Waals surface area contributed by atoms with Gasteiger partial charge in [-0.2, -0.15) is 0 Å². The summed E-state index contributed by atoms with van der Waals surface area (Å²) in [4.78, 5) is 26.2. The van der Waals surface area contributed by atoms with Gasteiger partial charge in [-0.05, 0) is 25.0 Å². The highest BCUT2D eigenvalue weighted by Gasteiger charge is 2.07. The van der Waals surface area contributed by atoms with E-state index < -0.39 is 4.92 Å². The fraction of sp³-hybridized carbons (Fsp3) is 0.200. The topological polar surface area (TPSA) is 141 Å². The molecule has 0 saturated heterocycles. The average Bonchev–Trinajstić information content (AvgIpc) is 2.83. The molecule has 3 N–H and O–H groups in total. The molecule has 4 aromatic rings. The third-order valence-electron chi connectivity index (χ3n) is 4.52. The molecule has 0 aliphatic heterocycles. The maximum atomic E-state index is 10.4. The molecule has 0 fully saturated rings. The van der Waals surface area contributed by atoms with Crippen LogP contribution in [0.2, 0.25) is 0 Å². The fourth-order valence-electron chi connectivity index (χ4n) is 3.00. The molecule has 0 bridgehead atoms. The highest BCUT2D eigenvalue weighted by molar-refractivity contribution is 5.31. The number of hydrogen-bond acceptors (Lipinski definition) is 8. The molecule has 0 atom stereocenters. The summed E-state index contributed by atoms with van der Waals surface area (Å²) >= 11 is 0. The van der Waals surface area contributed by atoms with Gasteiger partial charge < -0.3 is 10.8 Å². The fourth-order valence-corrected chi connectivity index (χ4v) is 3.00. The molecule has 34 heavy (non-hydrogen) atoms. The molecule has 2 aromatic heterocycles. The van der Waals surface area contributed by atoms with Gasteiger partial charge in [0.1, 0.15) is 24.0 Å². The molecule has 0 radical (unpaired) electrons. The zero-order valence-corrected chi connectivity index (χ0v) is 19.4. The second-order valence-corrected chi connectivity index (χ2v) is 7.38. The third kappa shape index (κ3) is 8.71. The van der Waals surface area contributed by atoms with E-state index >= 15 is 0 Å². The van der Waals surface area contributed by atoms with Gasteiger partial charge in [0.2, 0.25) is 0 Å². The second kappa shape index (κ2) is 13.3. The molecule has 2 aromatic carbocycles. The molecule has 9 heteroatoms. The van der Waals surface area contributed by atoms with E-state index in [1.807, 2.05) is 37.3 Å². The zero-order chi connectivity index (χ0) is 24.9. The minimum Gasteiger partial charge on any atom is -0.400 e. The predicted molar refractivity (Wildman–Crippen MR) is 131 cm³/mol. The smallest absolute Gasteiger partial charge is 0.305 e. The lowest BCUT2D eigenvalue weighted by molar-refractivity contribution is -0.385. The first-order valence-corrected chi connectivity index (χ1v) is 10.5. The minimum absolute atomic E-state index is 0.0852. The normalized spacial score (nSPS) is 9.76. The van der Waals surface area contributed by atoms with Crippen molar-refractivity contribution in [1.29, 1.82) is 0 Å². The molecule has 0 aliphatic rings. The Balaban J connectivity index is 0.000000225. The minimum atomic E-state index is -0.504. The van der Waals surface area contributed by atoms with Crippen molar-refractivity contribution in [3.63, 3.8) is 0 Å². The summed E-state index contributed by atoms with van der Waals surface area (Å²) in [6.45, 7) is 4.09. The average molecular weight is 461 g/mol. The van der Waals surface area contributed by atoms with E-state index in [9.17, 15) is 10.1 Å². The SMILES string of the molecule is CO.Cc1cccc(Cc2ncc(N)cn2)c1.Cc1cccc(Cc2ncc([N+](=O)[O-])cn2)c1. The van der Waals surface area contributed by atoms with Crippen LogP contribution in [0.1, 0.15) is 33.9 Å². The lowest BCUT2D eigenvalue weighted by atomic mass is 10.1. The molecule has 9 nitrogen and oxygen atoms in total. The summed E-state index contributed by atoms with van der Waals surface area (Å²) in [7, 11) is 1.00. The van der Waals surface area contributed by atoms with E-state index in [-0.39, 0.29) is 5.69 Å². The molecule has 4 rings (SSSR count). The standard InChI is InChI=1S/C12H11N3O2.C12H13N3.CH4O/c1-9-3-2-4-10(5-9)6-12-13-7-11(8-14-12)15(16)17;1-9-3-2-4-10(5-9)6-12-14-7-11(13)8-15-12;1-2/h2-5,7-8H,6H2,1H3;2-5,7-8H,6,13H2,1H3;2H,1H3. The lowest BCUT2D eigenvalue weighted by Crippen LogP contribution is -1.98. The maximum Gasteiger partial charge on any atom is 0.305 e. The molecule has 0 saturated carbocycles. The Labute approximate surface area is 198 Å². The molecule has 0 spiro atoms. The van der Waals surface area contributed by atoms with Crippen molar-refractivity contribution < 1.29 is 10.0 Å². The monoisotopic (exact) mass is 460 g/mol. The Morgan fingerprint density at radius 2 is 1.21 bits per heavy atom. The van der Waals surface area contributed by atoms with E-state index in [4.69, 9.17) is 10.8 Å². The summed E-state index contributed by atoms with van der Waals surface area (Å²) in [6.07, 6.45) is 7.08. The highest BCUT2D eigenvalue weighted by atomic mass is 16.6. The second-order valence-electron chi connectivity index (χ2n) is 7.38. The number of rotatable bonds is 5. The third-order valence-corrected chi connectivity index (χ3v) is 4.52. The van der Waals surface area contributed by atoms with Crippen molar-refractivity contribution in [1.82, 2.24) is 19.9 Å². The number of nitrogens with zero attached hydrogens (tertiary/aromatic N) is 5. The first-order valence-electron chi connectivity index (χ1n) is 10.5. The van der Waals surface area contributed by atoms with E-state index in [0.29, 0.717) is 17.9 Å². The van der Waals surface area contributed by atoms with Crippen LogP contribution in [0.4, 0.5) is 11.4 Å². The molecule has 0 aliphatic carbocycles. The number of nitrogens with two attached hydrogens (primary N) is 1. The molecule has 0 unspecified atom stereocenters. The number of aliphatic hydroxyl groups excluding tert-OH is 1. The van der Waals surface area contributed by atoms with Gasteiger partial charge in [-0.1, -0.05) is 59.7 Å². The van der Waals surface area contributed by atoms with E-state index in [1.54, 1.807) is 12.4 Å². The van der Waals surface area contributed by atoms with Gasteiger partial charge in [0.05, 0.1) is 23.0 Å². The number of hydrogen-bond donors (Lipinski definition) is 2. The number of benzene rings is 2. The number of aromatic nitrogens is 4. The van der Waals surface area contributed by atoms with Crippen LogP contribution in [0.25, 0.3) is 0 Å². The van der Waals surface area contributed by atoms with Crippen LogP contribution < -0.4 is 5.73 Å². The number of anilines is 1. The summed E-state index contributed by atoms with van der Waals surface area (Å²) < 4.78 is 0. The van der Waals surface area contributed by atoms with Crippen LogP contribution in [0.5, 0.6) is 0 Å². The summed E-state index contributed by atoms with van der Waals surface area (Å²) in [5, 5.41) is 17.4. The Hall–Kier alpha value is -4.24. The number of aliphatic hydroxyl groups is 1. The lowest BCUT2D eigenvalue weighted by Gasteiger charge is -2.01. The largest absolute Gasteiger partial charge is 0.400 e. The van der Waals surface area contributed by atoms with Crippen LogP contribution >= 0.6 is 0 Å². The van der Waals surface area contributed by atoms with Gasteiger partial charge >= 0.3 is 5.69 Å². The van der Waals surface area contributed by atoms with Crippen LogP contribution in [-0.4, -0.2) is 37.1 Å². The van der Waals surface area contributed by atoms with Gasteiger partial charge in [-0.3, -0.25) is 10.1 Å². The molecule has 176 valence electrons. The number of nitro groups is 1. The number of nitrogen functional groups attached to an aromatic ring is 1. The quantitative estimate of drug-likeness (QED) is 0.338. The van der Waals surface area contributed by atoms with Crippen LogP contribution in [0.15, 0.2) is 73.3 Å². The van der Waals surface area contributed by atoms with Crippen molar-refractivity contribution in [3.05, 3.63) is 117 Å². The molecule has 0 amide bonds. The van der Waals surface area contributed by atoms with Crippen molar-refractivity contribution in [2.75, 3.05) is 12.8 Å².